The summed E-state index contributed by atoms with van der Waals surface area (Å²) in [4.78, 5) is 5.28. The second-order valence-corrected chi connectivity index (χ2v) is 6.39. The summed E-state index contributed by atoms with van der Waals surface area (Å²) in [5.74, 6) is 0. The Labute approximate surface area is 121 Å². The monoisotopic (exact) mass is 277 g/mol. The number of hydrogen-bond acceptors (Lipinski definition) is 4. The van der Waals surface area contributed by atoms with Crippen LogP contribution in [0.15, 0.2) is 12.4 Å². The van der Waals surface area contributed by atoms with Crippen LogP contribution >= 0.6 is 0 Å². The number of aromatic nitrogens is 2. The van der Waals surface area contributed by atoms with Crippen molar-refractivity contribution in [3.8, 4) is 0 Å². The highest BCUT2D eigenvalue weighted by atomic mass is 15.3. The average Bonchev–Trinajstić information content (AvgIpc) is 2.86. The van der Waals surface area contributed by atoms with E-state index in [1.807, 2.05) is 17.9 Å². The zero-order valence-electron chi connectivity index (χ0n) is 12.7. The molecule has 20 heavy (non-hydrogen) atoms. The molecule has 2 saturated heterocycles. The third-order valence-corrected chi connectivity index (χ3v) is 4.97. The molecule has 3 heterocycles. The van der Waals surface area contributed by atoms with Gasteiger partial charge in [0.1, 0.15) is 0 Å². The lowest BCUT2D eigenvalue weighted by Gasteiger charge is -2.49. The van der Waals surface area contributed by atoms with Crippen LogP contribution in [0.4, 0.5) is 0 Å². The smallest absolute Gasteiger partial charge is 0.0538 e. The Hall–Kier alpha value is -0.910. The lowest BCUT2D eigenvalue weighted by Crippen LogP contribution is -2.59. The molecule has 0 aromatic carbocycles. The quantitative estimate of drug-likeness (QED) is 0.895. The maximum atomic E-state index is 6.08. The molecule has 112 valence electrons. The fraction of sp³-hybridized carbons (Fsp3) is 0.800. The van der Waals surface area contributed by atoms with Gasteiger partial charge in [-0.05, 0) is 26.3 Å². The topological polar surface area (TPSA) is 50.3 Å². The van der Waals surface area contributed by atoms with E-state index >= 15 is 0 Å². The van der Waals surface area contributed by atoms with Crippen LogP contribution in [-0.4, -0.2) is 57.8 Å². The zero-order chi connectivity index (χ0) is 14.1. The molecule has 3 atom stereocenters. The van der Waals surface area contributed by atoms with E-state index in [0.29, 0.717) is 18.6 Å². The van der Waals surface area contributed by atoms with E-state index < -0.39 is 0 Å². The van der Waals surface area contributed by atoms with Crippen molar-refractivity contribution in [2.75, 3.05) is 26.2 Å². The van der Waals surface area contributed by atoms with Crippen molar-refractivity contribution >= 4 is 0 Å². The lowest BCUT2D eigenvalue weighted by atomic mass is 9.95. The predicted molar refractivity (Wildman–Crippen MR) is 80.4 cm³/mol. The van der Waals surface area contributed by atoms with Crippen molar-refractivity contribution in [2.45, 2.75) is 44.3 Å². The minimum atomic E-state index is 0.308. The molecule has 3 rings (SSSR count). The van der Waals surface area contributed by atoms with Crippen LogP contribution in [0.2, 0.25) is 0 Å². The van der Waals surface area contributed by atoms with E-state index in [-0.39, 0.29) is 0 Å². The first-order valence-electron chi connectivity index (χ1n) is 7.87. The molecule has 2 aliphatic rings. The third kappa shape index (κ3) is 2.62. The predicted octanol–water partition coefficient (Wildman–Crippen LogP) is 0.979. The van der Waals surface area contributed by atoms with Crippen molar-refractivity contribution in [3.63, 3.8) is 0 Å². The lowest BCUT2D eigenvalue weighted by molar-refractivity contribution is -0.00667. The van der Waals surface area contributed by atoms with E-state index in [4.69, 9.17) is 5.73 Å². The SMILES string of the molecule is CC1CN2CCCCC2CN1C(CN)c1cnn(C)c1. The highest BCUT2D eigenvalue weighted by Gasteiger charge is 2.36. The summed E-state index contributed by atoms with van der Waals surface area (Å²) in [6.07, 6.45) is 8.16. The first kappa shape index (κ1) is 14.0. The summed E-state index contributed by atoms with van der Waals surface area (Å²) in [6.45, 7) is 6.62. The summed E-state index contributed by atoms with van der Waals surface area (Å²) in [5, 5.41) is 4.31. The summed E-state index contributed by atoms with van der Waals surface area (Å²) in [7, 11) is 1.97. The van der Waals surface area contributed by atoms with Crippen LogP contribution in [0.1, 0.15) is 37.8 Å². The van der Waals surface area contributed by atoms with E-state index in [1.54, 1.807) is 0 Å². The fourth-order valence-corrected chi connectivity index (χ4v) is 3.88. The maximum Gasteiger partial charge on any atom is 0.0538 e. The van der Waals surface area contributed by atoms with Gasteiger partial charge in [-0.2, -0.15) is 5.10 Å². The minimum absolute atomic E-state index is 0.308. The van der Waals surface area contributed by atoms with Gasteiger partial charge in [-0.1, -0.05) is 6.42 Å². The van der Waals surface area contributed by atoms with Gasteiger partial charge in [-0.3, -0.25) is 14.5 Å². The Kier molecular flexibility index (Phi) is 4.10. The number of hydrogen-bond donors (Lipinski definition) is 1. The number of aryl methyl sites for hydroxylation is 1. The van der Waals surface area contributed by atoms with Crippen LogP contribution in [0.25, 0.3) is 0 Å². The first-order chi connectivity index (χ1) is 9.69. The zero-order valence-corrected chi connectivity index (χ0v) is 12.7. The molecule has 1 aromatic rings. The highest BCUT2D eigenvalue weighted by Crippen LogP contribution is 2.30. The summed E-state index contributed by atoms with van der Waals surface area (Å²) in [5.41, 5.74) is 7.34. The van der Waals surface area contributed by atoms with Crippen molar-refractivity contribution < 1.29 is 0 Å². The second-order valence-electron chi connectivity index (χ2n) is 6.39. The van der Waals surface area contributed by atoms with Crippen molar-refractivity contribution in [2.24, 2.45) is 12.8 Å². The Morgan fingerprint density at radius 2 is 2.25 bits per heavy atom. The third-order valence-electron chi connectivity index (χ3n) is 4.97. The van der Waals surface area contributed by atoms with Crippen LogP contribution in [0.3, 0.4) is 0 Å². The van der Waals surface area contributed by atoms with Crippen LogP contribution in [-0.2, 0) is 7.05 Å². The molecule has 2 N–H and O–H groups in total. The molecule has 2 fully saturated rings. The molecule has 2 aliphatic heterocycles. The molecule has 0 spiro atoms. The van der Waals surface area contributed by atoms with Gasteiger partial charge in [-0.15, -0.1) is 0 Å². The minimum Gasteiger partial charge on any atom is -0.329 e. The molecule has 5 heteroatoms. The second kappa shape index (κ2) is 5.84. The van der Waals surface area contributed by atoms with Crippen molar-refractivity contribution in [1.82, 2.24) is 19.6 Å². The number of nitrogens with zero attached hydrogens (tertiary/aromatic N) is 4. The summed E-state index contributed by atoms with van der Waals surface area (Å²) < 4.78 is 1.87. The Bertz CT molecular complexity index is 443. The van der Waals surface area contributed by atoms with Gasteiger partial charge in [0.05, 0.1) is 12.2 Å². The number of nitrogens with two attached hydrogens (primary N) is 1. The number of piperidine rings is 1. The van der Waals surface area contributed by atoms with Crippen molar-refractivity contribution in [3.05, 3.63) is 18.0 Å². The van der Waals surface area contributed by atoms with Gasteiger partial charge in [0.2, 0.25) is 0 Å². The van der Waals surface area contributed by atoms with Crippen LogP contribution < -0.4 is 5.73 Å². The number of fused-ring (bicyclic) bond motifs is 1. The molecule has 0 radical (unpaired) electrons. The Balaban J connectivity index is 1.77. The van der Waals surface area contributed by atoms with E-state index in [2.05, 4.69) is 28.0 Å². The van der Waals surface area contributed by atoms with Crippen molar-refractivity contribution in [1.29, 1.82) is 0 Å². The van der Waals surface area contributed by atoms with Crippen LogP contribution in [0.5, 0.6) is 0 Å². The first-order valence-corrected chi connectivity index (χ1v) is 7.87. The normalized spacial score (nSPS) is 30.1. The van der Waals surface area contributed by atoms with Gasteiger partial charge in [-0.25, -0.2) is 0 Å². The molecular weight excluding hydrogens is 250 g/mol. The molecule has 1 aromatic heterocycles. The van der Waals surface area contributed by atoms with Gasteiger partial charge in [0.15, 0.2) is 0 Å². The van der Waals surface area contributed by atoms with Gasteiger partial charge >= 0.3 is 0 Å². The molecule has 0 saturated carbocycles. The molecular formula is C15H27N5. The highest BCUT2D eigenvalue weighted by molar-refractivity contribution is 5.12. The van der Waals surface area contributed by atoms with Crippen LogP contribution in [0, 0.1) is 0 Å². The summed E-state index contributed by atoms with van der Waals surface area (Å²) in [6, 6.07) is 1.60. The fourth-order valence-electron chi connectivity index (χ4n) is 3.88. The maximum absolute atomic E-state index is 6.08. The Morgan fingerprint density at radius 1 is 1.40 bits per heavy atom. The van der Waals surface area contributed by atoms with Gasteiger partial charge < -0.3 is 5.73 Å². The molecule has 5 nitrogen and oxygen atoms in total. The van der Waals surface area contributed by atoms with E-state index in [1.165, 1.54) is 37.9 Å². The molecule has 0 aliphatic carbocycles. The van der Waals surface area contributed by atoms with E-state index in [0.717, 1.165) is 12.6 Å². The number of piperazine rings is 1. The average molecular weight is 277 g/mol. The molecule has 3 unspecified atom stereocenters. The van der Waals surface area contributed by atoms with E-state index in [9.17, 15) is 0 Å². The standard InChI is InChI=1S/C15H27N5/c1-12-9-19-6-4-3-5-14(19)11-20(12)15(7-16)13-8-17-18(2)10-13/h8,10,12,14-15H,3-7,9,11,16H2,1-2H3. The molecule has 0 amide bonds. The number of rotatable bonds is 3. The molecule has 0 bridgehead atoms. The van der Waals surface area contributed by atoms with Gasteiger partial charge in [0.25, 0.3) is 0 Å². The largest absolute Gasteiger partial charge is 0.329 e. The Morgan fingerprint density at radius 3 is 2.95 bits per heavy atom. The van der Waals surface area contributed by atoms with Gasteiger partial charge in [0, 0.05) is 50.5 Å². The summed E-state index contributed by atoms with van der Waals surface area (Å²) >= 11 is 0.